The third-order valence-corrected chi connectivity index (χ3v) is 1.38. The molecule has 1 aromatic heterocycles. The van der Waals surface area contributed by atoms with E-state index in [0.717, 1.165) is 16.9 Å². The highest BCUT2D eigenvalue weighted by Crippen LogP contribution is 2.09. The Kier molecular flexibility index (Phi) is 1.87. The standard InChI is InChI=1S/C7H11N3/c1-5-2-7(9)6(3-8)4-10-5/h2,4H,3,8H2,1H3,(H2,9,10). The first kappa shape index (κ1) is 7.02. The third kappa shape index (κ3) is 1.25. The van der Waals surface area contributed by atoms with Crippen LogP contribution in [0, 0.1) is 6.92 Å². The molecule has 0 radical (unpaired) electrons. The molecule has 0 bridgehead atoms. The monoisotopic (exact) mass is 137 g/mol. The molecule has 0 atom stereocenters. The highest BCUT2D eigenvalue weighted by atomic mass is 14.7. The summed E-state index contributed by atoms with van der Waals surface area (Å²) in [7, 11) is 0. The van der Waals surface area contributed by atoms with Crippen molar-refractivity contribution in [3.8, 4) is 0 Å². The van der Waals surface area contributed by atoms with E-state index in [4.69, 9.17) is 11.5 Å². The van der Waals surface area contributed by atoms with Crippen LogP contribution in [-0.2, 0) is 6.54 Å². The van der Waals surface area contributed by atoms with E-state index < -0.39 is 0 Å². The average molecular weight is 137 g/mol. The molecule has 0 amide bonds. The Balaban J connectivity index is 3.07. The van der Waals surface area contributed by atoms with Gasteiger partial charge in [0.05, 0.1) is 0 Å². The van der Waals surface area contributed by atoms with Crippen LogP contribution in [0.4, 0.5) is 5.69 Å². The molecule has 0 saturated carbocycles. The summed E-state index contributed by atoms with van der Waals surface area (Å²) < 4.78 is 0. The quantitative estimate of drug-likeness (QED) is 0.590. The Morgan fingerprint density at radius 2 is 2.30 bits per heavy atom. The van der Waals surface area contributed by atoms with Gasteiger partial charge >= 0.3 is 0 Å². The van der Waals surface area contributed by atoms with Crippen LogP contribution in [0.1, 0.15) is 11.3 Å². The molecule has 0 fully saturated rings. The minimum absolute atomic E-state index is 0.457. The van der Waals surface area contributed by atoms with Crippen molar-refractivity contribution in [2.24, 2.45) is 5.73 Å². The van der Waals surface area contributed by atoms with Gasteiger partial charge in [0.2, 0.25) is 0 Å². The smallest absolute Gasteiger partial charge is 0.0393 e. The lowest BCUT2D eigenvalue weighted by atomic mass is 10.2. The van der Waals surface area contributed by atoms with Crippen molar-refractivity contribution in [3.63, 3.8) is 0 Å². The lowest BCUT2D eigenvalue weighted by molar-refractivity contribution is 1.04. The number of anilines is 1. The van der Waals surface area contributed by atoms with Gasteiger partial charge in [-0.15, -0.1) is 0 Å². The van der Waals surface area contributed by atoms with Crippen molar-refractivity contribution >= 4 is 5.69 Å². The second kappa shape index (κ2) is 2.66. The number of hydrogen-bond donors (Lipinski definition) is 2. The maximum atomic E-state index is 5.61. The van der Waals surface area contributed by atoms with Crippen LogP contribution in [0.15, 0.2) is 12.3 Å². The Morgan fingerprint density at radius 3 is 2.80 bits per heavy atom. The zero-order chi connectivity index (χ0) is 7.56. The SMILES string of the molecule is Cc1cc(N)c(CN)cn1. The van der Waals surface area contributed by atoms with Gasteiger partial charge in [-0.25, -0.2) is 0 Å². The van der Waals surface area contributed by atoms with Gasteiger partial charge in [-0.05, 0) is 13.0 Å². The van der Waals surface area contributed by atoms with Crippen molar-refractivity contribution in [1.29, 1.82) is 0 Å². The van der Waals surface area contributed by atoms with E-state index in [1.54, 1.807) is 6.20 Å². The lowest BCUT2D eigenvalue weighted by Crippen LogP contribution is -2.02. The largest absolute Gasteiger partial charge is 0.398 e. The summed E-state index contributed by atoms with van der Waals surface area (Å²) in [5.74, 6) is 0. The fourth-order valence-electron chi connectivity index (χ4n) is 0.780. The molecular weight excluding hydrogens is 126 g/mol. The predicted octanol–water partition coefficient (Wildman–Crippen LogP) is 0.431. The molecule has 0 aromatic carbocycles. The third-order valence-electron chi connectivity index (χ3n) is 1.38. The van der Waals surface area contributed by atoms with E-state index >= 15 is 0 Å². The molecule has 4 N–H and O–H groups in total. The van der Waals surface area contributed by atoms with Gasteiger partial charge in [0.15, 0.2) is 0 Å². The van der Waals surface area contributed by atoms with Gasteiger partial charge in [0, 0.05) is 29.7 Å². The van der Waals surface area contributed by atoms with Crippen molar-refractivity contribution < 1.29 is 0 Å². The molecule has 0 aliphatic heterocycles. The molecule has 0 unspecified atom stereocenters. The maximum Gasteiger partial charge on any atom is 0.0393 e. The summed E-state index contributed by atoms with van der Waals surface area (Å²) in [6.07, 6.45) is 1.71. The first-order valence-corrected chi connectivity index (χ1v) is 3.15. The van der Waals surface area contributed by atoms with Crippen molar-refractivity contribution in [2.45, 2.75) is 13.5 Å². The summed E-state index contributed by atoms with van der Waals surface area (Å²) in [5.41, 5.74) is 13.6. The molecule has 0 spiro atoms. The molecule has 0 saturated heterocycles. The van der Waals surface area contributed by atoms with Crippen LogP contribution in [-0.4, -0.2) is 4.98 Å². The van der Waals surface area contributed by atoms with E-state index in [9.17, 15) is 0 Å². The van der Waals surface area contributed by atoms with Gasteiger partial charge < -0.3 is 11.5 Å². The number of aromatic nitrogens is 1. The molecule has 1 rings (SSSR count). The van der Waals surface area contributed by atoms with Gasteiger partial charge in [-0.3, -0.25) is 4.98 Å². The minimum atomic E-state index is 0.457. The molecule has 0 aliphatic carbocycles. The lowest BCUT2D eigenvalue weighted by Gasteiger charge is -2.01. The Morgan fingerprint density at radius 1 is 1.60 bits per heavy atom. The normalized spacial score (nSPS) is 9.80. The summed E-state index contributed by atoms with van der Waals surface area (Å²) in [6, 6.07) is 1.82. The second-order valence-corrected chi connectivity index (χ2v) is 2.23. The van der Waals surface area contributed by atoms with Crippen LogP contribution in [0.25, 0.3) is 0 Å². The highest BCUT2D eigenvalue weighted by molar-refractivity contribution is 5.45. The van der Waals surface area contributed by atoms with Crippen molar-refractivity contribution in [1.82, 2.24) is 4.98 Å². The summed E-state index contributed by atoms with van der Waals surface area (Å²) >= 11 is 0. The van der Waals surface area contributed by atoms with Crippen molar-refractivity contribution in [2.75, 3.05) is 5.73 Å². The summed E-state index contributed by atoms with van der Waals surface area (Å²) in [5, 5.41) is 0. The van der Waals surface area contributed by atoms with E-state index in [1.807, 2.05) is 13.0 Å². The topological polar surface area (TPSA) is 64.9 Å². The van der Waals surface area contributed by atoms with E-state index in [2.05, 4.69) is 4.98 Å². The van der Waals surface area contributed by atoms with E-state index in [-0.39, 0.29) is 0 Å². The average Bonchev–Trinajstić information content (AvgIpc) is 1.88. The first-order valence-electron chi connectivity index (χ1n) is 3.15. The first-order chi connectivity index (χ1) is 4.74. The molecule has 10 heavy (non-hydrogen) atoms. The van der Waals surface area contributed by atoms with Gasteiger partial charge in [0.25, 0.3) is 0 Å². The summed E-state index contributed by atoms with van der Waals surface area (Å²) in [6.45, 7) is 2.36. The highest BCUT2D eigenvalue weighted by Gasteiger charge is 1.95. The number of rotatable bonds is 1. The van der Waals surface area contributed by atoms with Crippen LogP contribution < -0.4 is 11.5 Å². The predicted molar refractivity (Wildman–Crippen MR) is 41.3 cm³/mol. The van der Waals surface area contributed by atoms with Crippen LogP contribution in [0.3, 0.4) is 0 Å². The molecule has 1 heterocycles. The Hall–Kier alpha value is -1.09. The number of nitrogens with two attached hydrogens (primary N) is 2. The van der Waals surface area contributed by atoms with Crippen LogP contribution >= 0.6 is 0 Å². The summed E-state index contributed by atoms with van der Waals surface area (Å²) in [4.78, 5) is 4.05. The number of nitrogen functional groups attached to an aromatic ring is 1. The van der Waals surface area contributed by atoms with Crippen molar-refractivity contribution in [3.05, 3.63) is 23.5 Å². The number of nitrogens with zero attached hydrogens (tertiary/aromatic N) is 1. The fourth-order valence-corrected chi connectivity index (χ4v) is 0.780. The molecule has 0 aliphatic rings. The van der Waals surface area contributed by atoms with Gasteiger partial charge in [-0.2, -0.15) is 0 Å². The number of hydrogen-bond acceptors (Lipinski definition) is 3. The molecule has 54 valence electrons. The van der Waals surface area contributed by atoms with Crippen LogP contribution in [0.2, 0.25) is 0 Å². The zero-order valence-electron chi connectivity index (χ0n) is 5.96. The van der Waals surface area contributed by atoms with Gasteiger partial charge in [-0.1, -0.05) is 0 Å². The molecule has 3 heteroatoms. The molecular formula is C7H11N3. The maximum absolute atomic E-state index is 5.61. The minimum Gasteiger partial charge on any atom is -0.398 e. The van der Waals surface area contributed by atoms with Gasteiger partial charge in [0.1, 0.15) is 0 Å². The fraction of sp³-hybridized carbons (Fsp3) is 0.286. The number of aryl methyl sites for hydroxylation is 1. The van der Waals surface area contributed by atoms with Crippen LogP contribution in [0.5, 0.6) is 0 Å². The zero-order valence-corrected chi connectivity index (χ0v) is 5.96. The van der Waals surface area contributed by atoms with E-state index in [1.165, 1.54) is 0 Å². The molecule has 1 aromatic rings. The molecule has 3 nitrogen and oxygen atoms in total. The number of pyridine rings is 1. The Labute approximate surface area is 60.1 Å². The second-order valence-electron chi connectivity index (χ2n) is 2.23. The van der Waals surface area contributed by atoms with E-state index in [0.29, 0.717) is 6.54 Å². The Bertz CT molecular complexity index is 232.